The second-order valence-corrected chi connectivity index (χ2v) is 6.74. The van der Waals surface area contributed by atoms with Crippen LogP contribution in [0.3, 0.4) is 0 Å². The van der Waals surface area contributed by atoms with E-state index in [1.54, 1.807) is 6.20 Å². The third-order valence-corrected chi connectivity index (χ3v) is 5.01. The van der Waals surface area contributed by atoms with E-state index in [1.165, 1.54) is 0 Å². The lowest BCUT2D eigenvalue weighted by Crippen LogP contribution is -2.31. The first-order chi connectivity index (χ1) is 12.7. The molecule has 1 fully saturated rings. The van der Waals surface area contributed by atoms with Gasteiger partial charge in [0.15, 0.2) is 0 Å². The highest BCUT2D eigenvalue weighted by Gasteiger charge is 2.39. The van der Waals surface area contributed by atoms with E-state index in [9.17, 15) is 10.4 Å². The Morgan fingerprint density at radius 1 is 1.23 bits per heavy atom. The van der Waals surface area contributed by atoms with Crippen molar-refractivity contribution in [2.45, 2.75) is 25.1 Å². The first kappa shape index (κ1) is 16.5. The number of benzene rings is 1. The zero-order chi connectivity index (χ0) is 18.0. The number of aromatic nitrogens is 4. The molecule has 1 aromatic carbocycles. The fraction of sp³-hybridized carbons (Fsp3) is 0.316. The van der Waals surface area contributed by atoms with Gasteiger partial charge in [-0.1, -0.05) is 18.2 Å². The number of nitrogens with one attached hydrogen (secondary N) is 1. The number of likely N-dealkylation sites (tertiary alicyclic amines) is 1. The van der Waals surface area contributed by atoms with Crippen LogP contribution in [-0.4, -0.2) is 43.1 Å². The van der Waals surface area contributed by atoms with Gasteiger partial charge in [0.1, 0.15) is 11.3 Å². The van der Waals surface area contributed by atoms with Crippen LogP contribution in [0.1, 0.15) is 28.9 Å². The van der Waals surface area contributed by atoms with Crippen LogP contribution in [0.15, 0.2) is 48.8 Å². The summed E-state index contributed by atoms with van der Waals surface area (Å²) in [5.74, 6) is 0. The number of β-amino-alcohol motifs (C(OH)–C–C–N with tert-alkyl or cyclic N) is 1. The monoisotopic (exact) mass is 348 g/mol. The van der Waals surface area contributed by atoms with Crippen LogP contribution in [0.2, 0.25) is 0 Å². The van der Waals surface area contributed by atoms with E-state index in [4.69, 9.17) is 0 Å². The van der Waals surface area contributed by atoms with Gasteiger partial charge >= 0.3 is 0 Å². The van der Waals surface area contributed by atoms with Gasteiger partial charge in [-0.2, -0.15) is 20.7 Å². The summed E-state index contributed by atoms with van der Waals surface area (Å²) in [7, 11) is 0. The molecule has 1 atom stereocenters. The van der Waals surface area contributed by atoms with Crippen molar-refractivity contribution in [3.8, 4) is 6.07 Å². The minimum Gasteiger partial charge on any atom is -0.382 e. The molecule has 2 aromatic heterocycles. The second kappa shape index (κ2) is 6.75. The summed E-state index contributed by atoms with van der Waals surface area (Å²) >= 11 is 0. The number of nitriles is 1. The van der Waals surface area contributed by atoms with Gasteiger partial charge in [-0.15, -0.1) is 0 Å². The number of rotatable bonds is 5. The topological polar surface area (TPSA) is 93.8 Å². The van der Waals surface area contributed by atoms with Crippen molar-refractivity contribution >= 4 is 0 Å². The highest BCUT2D eigenvalue weighted by Crippen LogP contribution is 2.31. The summed E-state index contributed by atoms with van der Waals surface area (Å²) in [5, 5.41) is 30.5. The van der Waals surface area contributed by atoms with E-state index in [0.717, 1.165) is 24.3 Å². The van der Waals surface area contributed by atoms with Crippen LogP contribution in [0.4, 0.5) is 0 Å². The molecule has 1 aliphatic heterocycles. The minimum absolute atomic E-state index is 0.527. The molecule has 0 bridgehead atoms. The molecule has 26 heavy (non-hydrogen) atoms. The van der Waals surface area contributed by atoms with E-state index >= 15 is 0 Å². The third-order valence-electron chi connectivity index (χ3n) is 5.01. The van der Waals surface area contributed by atoms with Crippen LogP contribution < -0.4 is 0 Å². The summed E-state index contributed by atoms with van der Waals surface area (Å²) in [6, 6.07) is 14.0. The van der Waals surface area contributed by atoms with Crippen LogP contribution >= 0.6 is 0 Å². The van der Waals surface area contributed by atoms with E-state index in [2.05, 4.69) is 37.0 Å². The van der Waals surface area contributed by atoms with Crippen LogP contribution in [0, 0.1) is 11.3 Å². The van der Waals surface area contributed by atoms with Crippen molar-refractivity contribution in [3.05, 3.63) is 71.3 Å². The Hall–Kier alpha value is -2.95. The van der Waals surface area contributed by atoms with E-state index in [1.807, 2.05) is 36.5 Å². The van der Waals surface area contributed by atoms with Crippen molar-refractivity contribution in [3.63, 3.8) is 0 Å². The first-order valence-corrected chi connectivity index (χ1v) is 8.61. The molecule has 4 rings (SSSR count). The second-order valence-electron chi connectivity index (χ2n) is 6.74. The van der Waals surface area contributed by atoms with Gasteiger partial charge < -0.3 is 9.67 Å². The van der Waals surface area contributed by atoms with Crippen LogP contribution in [0.5, 0.6) is 0 Å². The van der Waals surface area contributed by atoms with Gasteiger partial charge in [-0.05, 0) is 30.2 Å². The number of aromatic amines is 1. The maximum atomic E-state index is 10.8. The van der Waals surface area contributed by atoms with Crippen molar-refractivity contribution in [1.29, 1.82) is 5.26 Å². The number of aliphatic hydroxyl groups is 1. The van der Waals surface area contributed by atoms with Gasteiger partial charge in [0.25, 0.3) is 0 Å². The Morgan fingerprint density at radius 2 is 2.12 bits per heavy atom. The van der Waals surface area contributed by atoms with Gasteiger partial charge in [-0.25, -0.2) is 0 Å². The average molecular weight is 348 g/mol. The van der Waals surface area contributed by atoms with Crippen LogP contribution in [-0.2, 0) is 18.7 Å². The van der Waals surface area contributed by atoms with Gasteiger partial charge in [-0.3, -0.25) is 4.90 Å². The van der Waals surface area contributed by atoms with Gasteiger partial charge in [0.2, 0.25) is 0 Å². The maximum absolute atomic E-state index is 10.8. The smallest absolute Gasteiger partial charge is 0.124 e. The van der Waals surface area contributed by atoms with E-state index < -0.39 is 5.60 Å². The molecule has 0 saturated carbocycles. The molecule has 132 valence electrons. The molecule has 1 aliphatic rings. The maximum Gasteiger partial charge on any atom is 0.124 e. The van der Waals surface area contributed by atoms with Crippen molar-refractivity contribution in [2.75, 3.05) is 13.1 Å². The lowest BCUT2D eigenvalue weighted by molar-refractivity contribution is 0.0406. The third kappa shape index (κ3) is 3.12. The number of nitrogens with zero attached hydrogens (tertiary/aromatic N) is 5. The predicted molar refractivity (Wildman–Crippen MR) is 94.9 cm³/mol. The SMILES string of the molecule is N#Cc1ccccc1Cn1cccc1CN1CC[C@](O)(c2cn[nH]n2)C1. The number of hydrogen-bond acceptors (Lipinski definition) is 5. The molecule has 7 nitrogen and oxygen atoms in total. The van der Waals surface area contributed by atoms with Gasteiger partial charge in [0.05, 0.1) is 17.8 Å². The number of hydrogen-bond donors (Lipinski definition) is 2. The average Bonchev–Trinajstić information content (AvgIpc) is 3.39. The van der Waals surface area contributed by atoms with Crippen LogP contribution in [0.25, 0.3) is 0 Å². The summed E-state index contributed by atoms with van der Waals surface area (Å²) in [4.78, 5) is 2.22. The Labute approximate surface area is 151 Å². The molecule has 0 radical (unpaired) electrons. The Kier molecular flexibility index (Phi) is 4.29. The molecule has 1 saturated heterocycles. The Bertz CT molecular complexity index is 926. The summed E-state index contributed by atoms with van der Waals surface area (Å²) in [6.45, 7) is 2.72. The summed E-state index contributed by atoms with van der Waals surface area (Å²) in [5.41, 5.74) is 2.51. The molecule has 0 unspecified atom stereocenters. The molecular weight excluding hydrogens is 328 g/mol. The first-order valence-electron chi connectivity index (χ1n) is 8.61. The molecule has 7 heteroatoms. The normalized spacial score (nSPS) is 20.3. The standard InChI is InChI=1S/C19H20N6O/c20-10-15-4-1-2-5-16(15)12-25-8-3-6-17(25)13-24-9-7-19(26,14-24)18-11-21-23-22-18/h1-6,8,11,26H,7,9,12-14H2,(H,21,22,23)/t19-/m1/s1. The van der Waals surface area contributed by atoms with Gasteiger partial charge in [0, 0.05) is 38.1 Å². The Morgan fingerprint density at radius 3 is 2.92 bits per heavy atom. The minimum atomic E-state index is -0.947. The zero-order valence-electron chi connectivity index (χ0n) is 14.3. The highest BCUT2D eigenvalue weighted by atomic mass is 16.3. The lowest BCUT2D eigenvalue weighted by Gasteiger charge is -2.21. The molecule has 2 N–H and O–H groups in total. The quantitative estimate of drug-likeness (QED) is 0.731. The highest BCUT2D eigenvalue weighted by molar-refractivity contribution is 5.37. The summed E-state index contributed by atoms with van der Waals surface area (Å²) < 4.78 is 2.16. The Balaban J connectivity index is 1.48. The molecule has 3 aromatic rings. The van der Waals surface area contributed by atoms with Crippen molar-refractivity contribution in [2.24, 2.45) is 0 Å². The fourth-order valence-electron chi connectivity index (χ4n) is 3.57. The molecule has 0 spiro atoms. The molecule has 0 aliphatic carbocycles. The largest absolute Gasteiger partial charge is 0.382 e. The molecule has 0 amide bonds. The predicted octanol–water partition coefficient (Wildman–Crippen LogP) is 1.62. The van der Waals surface area contributed by atoms with Crippen molar-refractivity contribution in [1.82, 2.24) is 24.9 Å². The molecular formula is C19H20N6O. The summed E-state index contributed by atoms with van der Waals surface area (Å²) in [6.07, 6.45) is 4.26. The lowest BCUT2D eigenvalue weighted by atomic mass is 10.0. The molecule has 3 heterocycles. The number of H-pyrrole nitrogens is 1. The van der Waals surface area contributed by atoms with Crippen molar-refractivity contribution < 1.29 is 5.11 Å². The van der Waals surface area contributed by atoms with E-state index in [0.29, 0.717) is 30.8 Å². The zero-order valence-corrected chi connectivity index (χ0v) is 14.3. The van der Waals surface area contributed by atoms with E-state index in [-0.39, 0.29) is 0 Å². The fourth-order valence-corrected chi connectivity index (χ4v) is 3.57.